The van der Waals surface area contributed by atoms with Gasteiger partial charge in [-0.3, -0.25) is 0 Å². The first kappa shape index (κ1) is 13.7. The van der Waals surface area contributed by atoms with Crippen LogP contribution < -0.4 is 5.73 Å². The average molecular weight is 230 g/mol. The van der Waals surface area contributed by atoms with Crippen LogP contribution in [0.5, 0.6) is 0 Å². The van der Waals surface area contributed by atoms with Crippen molar-refractivity contribution in [3.63, 3.8) is 0 Å². The molecule has 0 aliphatic carbocycles. The number of halogens is 6. The Morgan fingerprint density at radius 3 is 1.67 bits per heavy atom. The van der Waals surface area contributed by atoms with Gasteiger partial charge in [0, 0.05) is 11.8 Å². The molecule has 8 heteroatoms. The van der Waals surface area contributed by atoms with Gasteiger partial charge in [-0.05, 0) is 18.6 Å². The molecule has 0 amide bonds. The largest absolute Gasteiger partial charge is 0.673 e. The molecule has 1 aromatic rings. The molecule has 0 aliphatic heterocycles. The maximum Gasteiger partial charge on any atom is 0.673 e. The van der Waals surface area contributed by atoms with Crippen LogP contribution >= 0.6 is 0 Å². The number of benzene rings is 1. The summed E-state index contributed by atoms with van der Waals surface area (Å²) in [6.45, 7) is 1.62. The molecule has 0 atom stereocenters. The molecule has 1 rings (SSSR count). The number of rotatable bonds is 0. The summed E-state index contributed by atoms with van der Waals surface area (Å²) in [4.78, 5) is 0. The lowest BCUT2D eigenvalue weighted by Crippen LogP contribution is -2.02. The predicted molar refractivity (Wildman–Crippen MR) is 45.7 cm³/mol. The van der Waals surface area contributed by atoms with Crippen LogP contribution in [0.25, 0.3) is 0 Å². The lowest BCUT2D eigenvalue weighted by Gasteiger charge is -1.98. The molecule has 0 bridgehead atoms. The highest BCUT2D eigenvalue weighted by atomic mass is 19.5. The SMILES string of the molecule is Cc1cc(F)c(F)cc1N.F[B-](F)(F)F. The highest BCUT2D eigenvalue weighted by molar-refractivity contribution is 6.50. The van der Waals surface area contributed by atoms with Crippen LogP contribution in [0.2, 0.25) is 0 Å². The van der Waals surface area contributed by atoms with E-state index in [1.165, 1.54) is 0 Å². The van der Waals surface area contributed by atoms with Crippen LogP contribution in [-0.2, 0) is 0 Å². The molecule has 2 N–H and O–H groups in total. The van der Waals surface area contributed by atoms with Gasteiger partial charge in [0.15, 0.2) is 11.6 Å². The second-order valence-electron chi connectivity index (χ2n) is 2.62. The van der Waals surface area contributed by atoms with Crippen LogP contribution in [0.15, 0.2) is 12.1 Å². The van der Waals surface area contributed by atoms with Crippen LogP contribution in [0.3, 0.4) is 0 Å². The van der Waals surface area contributed by atoms with Crippen molar-refractivity contribution in [1.82, 2.24) is 0 Å². The number of aryl methyl sites for hydroxylation is 1. The summed E-state index contributed by atoms with van der Waals surface area (Å²) in [6, 6.07) is 2.05. The summed E-state index contributed by atoms with van der Waals surface area (Å²) in [7, 11) is -6.00. The van der Waals surface area contributed by atoms with Gasteiger partial charge in [0.25, 0.3) is 0 Å². The van der Waals surface area contributed by atoms with Gasteiger partial charge in [0.2, 0.25) is 0 Å². The van der Waals surface area contributed by atoms with E-state index < -0.39 is 18.9 Å². The van der Waals surface area contributed by atoms with Crippen molar-refractivity contribution >= 4 is 12.9 Å². The molecule has 0 radical (unpaired) electrons. The average Bonchev–Trinajstić information content (AvgIpc) is 1.98. The van der Waals surface area contributed by atoms with E-state index in [1.807, 2.05) is 0 Å². The minimum Gasteiger partial charge on any atom is -0.418 e. The van der Waals surface area contributed by atoms with E-state index in [9.17, 15) is 26.0 Å². The Morgan fingerprint density at radius 2 is 1.33 bits per heavy atom. The Labute approximate surface area is 82.0 Å². The van der Waals surface area contributed by atoms with Crippen molar-refractivity contribution in [2.75, 3.05) is 5.73 Å². The summed E-state index contributed by atoms with van der Waals surface area (Å²) in [5.41, 5.74) is 6.11. The van der Waals surface area contributed by atoms with Crippen LogP contribution in [0, 0.1) is 18.6 Å². The van der Waals surface area contributed by atoms with Gasteiger partial charge in [0.05, 0.1) is 0 Å². The standard InChI is InChI=1S/C7H7F2N.BF4/c1-4-2-5(8)6(9)3-7(4)10;2-1(3,4)5/h2-3H,10H2,1H3;/q;-1. The molecule has 0 heterocycles. The van der Waals surface area contributed by atoms with E-state index in [4.69, 9.17) is 5.73 Å². The summed E-state index contributed by atoms with van der Waals surface area (Å²) < 4.78 is 63.6. The third kappa shape index (κ3) is 6.70. The molecular formula is C7H7BF6N-. The molecule has 0 saturated heterocycles. The molecular weight excluding hydrogens is 223 g/mol. The molecule has 0 aromatic heterocycles. The fraction of sp³-hybridized carbons (Fsp3) is 0.143. The van der Waals surface area contributed by atoms with Gasteiger partial charge in [-0.2, -0.15) is 0 Å². The summed E-state index contributed by atoms with van der Waals surface area (Å²) in [5.74, 6) is -1.75. The second-order valence-corrected chi connectivity index (χ2v) is 2.62. The first-order valence-electron chi connectivity index (χ1n) is 3.69. The summed E-state index contributed by atoms with van der Waals surface area (Å²) >= 11 is 0. The number of hydrogen-bond donors (Lipinski definition) is 1. The zero-order chi connectivity index (χ0) is 12.2. The third-order valence-electron chi connectivity index (χ3n) is 1.31. The van der Waals surface area contributed by atoms with E-state index in [-0.39, 0.29) is 5.69 Å². The lowest BCUT2D eigenvalue weighted by atomic mass is 10.2. The van der Waals surface area contributed by atoms with E-state index in [2.05, 4.69) is 0 Å². The molecule has 0 unspecified atom stereocenters. The monoisotopic (exact) mass is 230 g/mol. The third-order valence-corrected chi connectivity index (χ3v) is 1.31. The van der Waals surface area contributed by atoms with Gasteiger partial charge in [0.1, 0.15) is 0 Å². The maximum atomic E-state index is 12.3. The first-order valence-corrected chi connectivity index (χ1v) is 3.69. The minimum atomic E-state index is -6.00. The molecule has 15 heavy (non-hydrogen) atoms. The van der Waals surface area contributed by atoms with Crippen molar-refractivity contribution in [2.45, 2.75) is 6.92 Å². The molecule has 1 nitrogen and oxygen atoms in total. The van der Waals surface area contributed by atoms with Gasteiger partial charge >= 0.3 is 7.25 Å². The van der Waals surface area contributed by atoms with Crippen molar-refractivity contribution < 1.29 is 26.0 Å². The second kappa shape index (κ2) is 4.95. The zero-order valence-electron chi connectivity index (χ0n) is 7.58. The molecule has 0 fully saturated rings. The zero-order valence-corrected chi connectivity index (χ0v) is 7.58. The van der Waals surface area contributed by atoms with Crippen LogP contribution in [0.4, 0.5) is 31.7 Å². The van der Waals surface area contributed by atoms with Gasteiger partial charge in [-0.25, -0.2) is 8.78 Å². The highest BCUT2D eigenvalue weighted by Crippen LogP contribution is 2.14. The molecule has 1 aromatic carbocycles. The fourth-order valence-corrected chi connectivity index (χ4v) is 0.662. The smallest absolute Gasteiger partial charge is 0.418 e. The summed E-state index contributed by atoms with van der Waals surface area (Å²) in [5, 5.41) is 0. The Hall–Kier alpha value is -1.34. The van der Waals surface area contributed by atoms with Gasteiger partial charge in [-0.15, -0.1) is 0 Å². The Morgan fingerprint density at radius 1 is 1.00 bits per heavy atom. The van der Waals surface area contributed by atoms with E-state index in [0.717, 1.165) is 12.1 Å². The van der Waals surface area contributed by atoms with Gasteiger partial charge in [-0.1, -0.05) is 0 Å². The van der Waals surface area contributed by atoms with Crippen LogP contribution in [0.1, 0.15) is 5.56 Å². The van der Waals surface area contributed by atoms with Crippen molar-refractivity contribution in [2.24, 2.45) is 0 Å². The minimum absolute atomic E-state index is 0.277. The van der Waals surface area contributed by atoms with Crippen molar-refractivity contribution in [3.8, 4) is 0 Å². The topological polar surface area (TPSA) is 26.0 Å². The molecule has 0 spiro atoms. The number of anilines is 1. The Balaban J connectivity index is 0.000000336. The quantitative estimate of drug-likeness (QED) is 0.413. The molecule has 0 saturated carbocycles. The normalized spacial score (nSPS) is 10.6. The Bertz CT molecular complexity index is 281. The molecule has 0 aliphatic rings. The van der Waals surface area contributed by atoms with Crippen molar-refractivity contribution in [1.29, 1.82) is 0 Å². The number of hydrogen-bond acceptors (Lipinski definition) is 1. The maximum absolute atomic E-state index is 12.3. The highest BCUT2D eigenvalue weighted by Gasteiger charge is 2.20. The summed E-state index contributed by atoms with van der Waals surface area (Å²) in [6.07, 6.45) is 0. The van der Waals surface area contributed by atoms with Crippen molar-refractivity contribution in [3.05, 3.63) is 29.3 Å². The predicted octanol–water partition coefficient (Wildman–Crippen LogP) is 3.16. The Kier molecular flexibility index (Phi) is 4.51. The first-order chi connectivity index (χ1) is 6.61. The number of nitrogens with two attached hydrogens (primary N) is 1. The van der Waals surface area contributed by atoms with Gasteiger partial charge < -0.3 is 23.0 Å². The lowest BCUT2D eigenvalue weighted by molar-refractivity contribution is 0.368. The van der Waals surface area contributed by atoms with E-state index in [1.54, 1.807) is 6.92 Å². The van der Waals surface area contributed by atoms with E-state index in [0.29, 0.717) is 5.56 Å². The van der Waals surface area contributed by atoms with E-state index >= 15 is 0 Å². The molecule has 86 valence electrons. The van der Waals surface area contributed by atoms with Crippen LogP contribution in [-0.4, -0.2) is 7.25 Å². The fourth-order valence-electron chi connectivity index (χ4n) is 0.662. The number of nitrogen functional groups attached to an aromatic ring is 1.